The lowest BCUT2D eigenvalue weighted by molar-refractivity contribution is -0.347. The third kappa shape index (κ3) is 3.97. The van der Waals surface area contributed by atoms with Crippen LogP contribution in [-0.2, 0) is 5.41 Å². The average Bonchev–Trinajstić information content (AvgIpc) is 2.34. The van der Waals surface area contributed by atoms with Gasteiger partial charge in [-0.05, 0) is 16.5 Å². The second kappa shape index (κ2) is 5.96. The Morgan fingerprint density at radius 3 is 1.70 bits per heavy atom. The van der Waals surface area contributed by atoms with Crippen LogP contribution in [0.4, 0.5) is 30.7 Å². The van der Waals surface area contributed by atoms with Crippen LogP contribution < -0.4 is 0 Å². The van der Waals surface area contributed by atoms with Crippen LogP contribution in [0.25, 0.3) is 0 Å². The summed E-state index contributed by atoms with van der Waals surface area (Å²) in [7, 11) is 0. The lowest BCUT2D eigenvalue weighted by Crippen LogP contribution is -2.54. The first kappa shape index (κ1) is 19.7. The maximum Gasteiger partial charge on any atom is 0.431 e. The van der Waals surface area contributed by atoms with E-state index in [-0.39, 0.29) is 5.56 Å². The number of hydrogen-bond donors (Lipinski definition) is 1. The van der Waals surface area contributed by atoms with E-state index >= 15 is 0 Å². The molecule has 0 saturated carbocycles. The first-order valence-electron chi connectivity index (χ1n) is 6.71. The summed E-state index contributed by atoms with van der Waals surface area (Å²) in [6.07, 6.45) is -16.8. The van der Waals surface area contributed by atoms with E-state index in [0.29, 0.717) is 5.56 Å². The monoisotopic (exact) mass is 346 g/mol. The minimum Gasteiger partial charge on any atom is -0.388 e. The van der Waals surface area contributed by atoms with Gasteiger partial charge in [-0.25, -0.2) is 4.39 Å². The Kier molecular flexibility index (Phi) is 5.11. The molecule has 0 aromatic heterocycles. The molecule has 0 bridgehead atoms. The molecule has 0 aliphatic carbocycles. The van der Waals surface area contributed by atoms with E-state index in [1.165, 1.54) is 24.3 Å². The third-order valence-electron chi connectivity index (χ3n) is 3.50. The molecular formula is C15H17F7O. The van der Waals surface area contributed by atoms with Crippen molar-refractivity contribution < 1.29 is 35.8 Å². The van der Waals surface area contributed by atoms with E-state index in [1.807, 2.05) is 0 Å². The average molecular weight is 346 g/mol. The van der Waals surface area contributed by atoms with Crippen LogP contribution in [0.1, 0.15) is 44.4 Å². The number of halogens is 7. The Morgan fingerprint density at radius 1 is 0.870 bits per heavy atom. The standard InChI is InChI=1S/C15H17F7O/c1-12(2,3)10-7-5-4-6-9(10)11(23)8-13(16,14(17,18)19)15(20,21)22/h4-7,11,23H,8H2,1-3H3. The quantitative estimate of drug-likeness (QED) is 0.742. The second-order valence-electron chi connectivity index (χ2n) is 6.35. The van der Waals surface area contributed by atoms with Gasteiger partial charge in [0.25, 0.3) is 0 Å². The fourth-order valence-corrected chi connectivity index (χ4v) is 2.24. The van der Waals surface area contributed by atoms with Gasteiger partial charge >= 0.3 is 18.0 Å². The Labute approximate surface area is 129 Å². The molecule has 1 atom stereocenters. The molecule has 0 fully saturated rings. The second-order valence-corrected chi connectivity index (χ2v) is 6.35. The van der Waals surface area contributed by atoms with E-state index < -0.39 is 36.0 Å². The van der Waals surface area contributed by atoms with Gasteiger partial charge in [-0.1, -0.05) is 45.0 Å². The molecule has 23 heavy (non-hydrogen) atoms. The van der Waals surface area contributed by atoms with Crippen molar-refractivity contribution in [3.05, 3.63) is 35.4 Å². The van der Waals surface area contributed by atoms with Crippen molar-refractivity contribution in [3.8, 4) is 0 Å². The van der Waals surface area contributed by atoms with Gasteiger partial charge in [0.05, 0.1) is 6.10 Å². The summed E-state index contributed by atoms with van der Waals surface area (Å²) in [5, 5.41) is 9.89. The summed E-state index contributed by atoms with van der Waals surface area (Å²) in [5.41, 5.74) is -5.94. The lowest BCUT2D eigenvalue weighted by atomic mass is 9.80. The fourth-order valence-electron chi connectivity index (χ4n) is 2.24. The molecule has 0 radical (unpaired) electrons. The van der Waals surface area contributed by atoms with Crippen molar-refractivity contribution in [2.24, 2.45) is 0 Å². The van der Waals surface area contributed by atoms with Crippen LogP contribution in [0.5, 0.6) is 0 Å². The molecule has 0 heterocycles. The van der Waals surface area contributed by atoms with Gasteiger partial charge in [0, 0.05) is 6.42 Å². The van der Waals surface area contributed by atoms with Gasteiger partial charge in [0.1, 0.15) is 0 Å². The zero-order valence-corrected chi connectivity index (χ0v) is 12.7. The van der Waals surface area contributed by atoms with Gasteiger partial charge < -0.3 is 5.11 Å². The van der Waals surface area contributed by atoms with Crippen LogP contribution >= 0.6 is 0 Å². The molecule has 132 valence electrons. The Morgan fingerprint density at radius 2 is 1.30 bits per heavy atom. The van der Waals surface area contributed by atoms with Crippen molar-refractivity contribution in [1.82, 2.24) is 0 Å². The highest BCUT2D eigenvalue weighted by atomic mass is 19.4. The van der Waals surface area contributed by atoms with Crippen LogP contribution in [-0.4, -0.2) is 23.1 Å². The highest BCUT2D eigenvalue weighted by Crippen LogP contribution is 2.51. The number of aliphatic hydroxyl groups excluding tert-OH is 1. The maximum atomic E-state index is 13.8. The normalized spacial score (nSPS) is 15.6. The molecule has 1 aromatic carbocycles. The molecule has 1 N–H and O–H groups in total. The number of rotatable bonds is 3. The van der Waals surface area contributed by atoms with Crippen molar-refractivity contribution in [3.63, 3.8) is 0 Å². The Balaban J connectivity index is 3.29. The maximum absolute atomic E-state index is 13.8. The molecular weight excluding hydrogens is 329 g/mol. The molecule has 1 unspecified atom stereocenters. The van der Waals surface area contributed by atoms with Crippen molar-refractivity contribution in [2.45, 2.75) is 56.7 Å². The third-order valence-corrected chi connectivity index (χ3v) is 3.50. The van der Waals surface area contributed by atoms with Crippen LogP contribution in [0.3, 0.4) is 0 Å². The zero-order valence-electron chi connectivity index (χ0n) is 12.7. The summed E-state index contributed by atoms with van der Waals surface area (Å²) in [4.78, 5) is 0. The largest absolute Gasteiger partial charge is 0.431 e. The summed E-state index contributed by atoms with van der Waals surface area (Å²) in [5.74, 6) is 0. The number of hydrogen-bond acceptors (Lipinski definition) is 1. The topological polar surface area (TPSA) is 20.2 Å². The van der Waals surface area contributed by atoms with E-state index in [0.717, 1.165) is 0 Å². The molecule has 8 heteroatoms. The van der Waals surface area contributed by atoms with E-state index in [2.05, 4.69) is 0 Å². The first-order valence-corrected chi connectivity index (χ1v) is 6.71. The first-order chi connectivity index (χ1) is 10.1. The fraction of sp³-hybridized carbons (Fsp3) is 0.600. The van der Waals surface area contributed by atoms with Crippen molar-refractivity contribution >= 4 is 0 Å². The highest BCUT2D eigenvalue weighted by Gasteiger charge is 2.72. The number of benzene rings is 1. The van der Waals surface area contributed by atoms with Gasteiger partial charge in [0.2, 0.25) is 0 Å². The minimum atomic E-state index is -6.18. The minimum absolute atomic E-state index is 0.157. The summed E-state index contributed by atoms with van der Waals surface area (Å²) in [6.45, 7) is 5.03. The Hall–Kier alpha value is -1.31. The molecule has 0 aliphatic heterocycles. The van der Waals surface area contributed by atoms with E-state index in [9.17, 15) is 35.8 Å². The van der Waals surface area contributed by atoms with Crippen LogP contribution in [0.15, 0.2) is 24.3 Å². The SMILES string of the molecule is CC(C)(C)c1ccccc1C(O)CC(F)(C(F)(F)F)C(F)(F)F. The molecule has 0 spiro atoms. The number of aliphatic hydroxyl groups is 1. The van der Waals surface area contributed by atoms with Gasteiger partial charge in [-0.15, -0.1) is 0 Å². The summed E-state index contributed by atoms with van der Waals surface area (Å²) in [6, 6.07) is 5.56. The summed E-state index contributed by atoms with van der Waals surface area (Å²) < 4.78 is 89.4. The Bertz CT molecular complexity index is 526. The molecule has 1 aromatic rings. The van der Waals surface area contributed by atoms with Crippen molar-refractivity contribution in [2.75, 3.05) is 0 Å². The molecule has 0 saturated heterocycles. The molecule has 1 nitrogen and oxygen atoms in total. The lowest BCUT2D eigenvalue weighted by Gasteiger charge is -2.33. The van der Waals surface area contributed by atoms with E-state index in [1.54, 1.807) is 20.8 Å². The van der Waals surface area contributed by atoms with Gasteiger partial charge in [-0.2, -0.15) is 26.3 Å². The van der Waals surface area contributed by atoms with E-state index in [4.69, 9.17) is 0 Å². The molecule has 0 aliphatic rings. The predicted octanol–water partition coefficient (Wildman–Crippen LogP) is 5.24. The smallest absolute Gasteiger partial charge is 0.388 e. The predicted molar refractivity (Wildman–Crippen MR) is 70.7 cm³/mol. The van der Waals surface area contributed by atoms with Crippen LogP contribution in [0.2, 0.25) is 0 Å². The molecule has 0 amide bonds. The van der Waals surface area contributed by atoms with Gasteiger partial charge in [-0.3, -0.25) is 0 Å². The van der Waals surface area contributed by atoms with Crippen molar-refractivity contribution in [1.29, 1.82) is 0 Å². The van der Waals surface area contributed by atoms with Crippen LogP contribution in [0, 0.1) is 0 Å². The van der Waals surface area contributed by atoms with Gasteiger partial charge in [0.15, 0.2) is 0 Å². The highest BCUT2D eigenvalue weighted by molar-refractivity contribution is 5.34. The zero-order chi connectivity index (χ0) is 18.3. The number of alkyl halides is 7. The summed E-state index contributed by atoms with van der Waals surface area (Å²) >= 11 is 0. The molecule has 1 rings (SSSR count).